The lowest BCUT2D eigenvalue weighted by Crippen LogP contribution is -2.29. The molecule has 0 spiro atoms. The summed E-state index contributed by atoms with van der Waals surface area (Å²) in [4.78, 5) is 27.6. The van der Waals surface area contributed by atoms with E-state index >= 15 is 0 Å². The number of fused-ring (bicyclic) bond motifs is 1. The number of hydrogen-bond donors (Lipinski definition) is 1. The molecule has 1 N–H and O–H groups in total. The molecule has 4 aromatic rings. The van der Waals surface area contributed by atoms with Crippen LogP contribution in [0.15, 0.2) is 82.9 Å². The summed E-state index contributed by atoms with van der Waals surface area (Å²) in [5.41, 5.74) is 1.01. The molecule has 7 nitrogen and oxygen atoms in total. The fourth-order valence-electron chi connectivity index (χ4n) is 4.15. The number of Topliss-reactive ketones (excluding diaryl/α,β-unsaturated/α-hetero) is 1. The molecular weight excluding hydrogens is 420 g/mol. The van der Waals surface area contributed by atoms with Gasteiger partial charge in [-0.3, -0.25) is 14.5 Å². The summed E-state index contributed by atoms with van der Waals surface area (Å²) in [6, 6.07) is 20.8. The molecule has 1 atom stereocenters. The molecular formula is C26H20N2O5. The Bertz CT molecular complexity index is 1440. The molecule has 1 aromatic heterocycles. The fourth-order valence-corrected chi connectivity index (χ4v) is 4.15. The van der Waals surface area contributed by atoms with Gasteiger partial charge in [-0.05, 0) is 41.5 Å². The highest BCUT2D eigenvalue weighted by Gasteiger charge is 2.48. The standard InChI is InChI=1S/C26H20N2O5/c1-15-12-21(27-33-15)28-23(18-8-5-9-20(14-18)32-2)22(25(30)26(28)31)24(29)19-11-10-16-6-3-4-7-17(16)13-19/h3-14,23,29H,1-2H3/b24-22+. The van der Waals surface area contributed by atoms with E-state index in [0.29, 0.717) is 22.6 Å². The third-order valence-corrected chi connectivity index (χ3v) is 5.74. The highest BCUT2D eigenvalue weighted by atomic mass is 16.5. The maximum atomic E-state index is 13.2. The number of carbonyl (C=O) groups is 2. The van der Waals surface area contributed by atoms with Crippen molar-refractivity contribution in [3.8, 4) is 5.75 Å². The minimum Gasteiger partial charge on any atom is -0.507 e. The summed E-state index contributed by atoms with van der Waals surface area (Å²) in [5, 5.41) is 17.2. The van der Waals surface area contributed by atoms with Crippen LogP contribution in [0, 0.1) is 6.92 Å². The Morgan fingerprint density at radius 3 is 2.52 bits per heavy atom. The van der Waals surface area contributed by atoms with Gasteiger partial charge in [0.25, 0.3) is 5.78 Å². The summed E-state index contributed by atoms with van der Waals surface area (Å²) in [5.74, 6) is -0.604. The van der Waals surface area contributed by atoms with Gasteiger partial charge in [0.15, 0.2) is 5.82 Å². The maximum Gasteiger partial charge on any atom is 0.301 e. The summed E-state index contributed by atoms with van der Waals surface area (Å²) >= 11 is 0. The zero-order valence-electron chi connectivity index (χ0n) is 18.0. The van der Waals surface area contributed by atoms with Crippen LogP contribution in [0.4, 0.5) is 5.82 Å². The van der Waals surface area contributed by atoms with Crippen LogP contribution in [0.1, 0.15) is 22.9 Å². The highest BCUT2D eigenvalue weighted by Crippen LogP contribution is 2.42. The number of methoxy groups -OCH3 is 1. The van der Waals surface area contributed by atoms with E-state index in [9.17, 15) is 14.7 Å². The van der Waals surface area contributed by atoms with Gasteiger partial charge in [-0.25, -0.2) is 0 Å². The van der Waals surface area contributed by atoms with Crippen molar-refractivity contribution in [2.45, 2.75) is 13.0 Å². The van der Waals surface area contributed by atoms with Gasteiger partial charge in [-0.1, -0.05) is 53.7 Å². The monoisotopic (exact) mass is 440 g/mol. The molecule has 2 heterocycles. The molecule has 1 aliphatic rings. The Balaban J connectivity index is 1.73. The Morgan fingerprint density at radius 1 is 1.00 bits per heavy atom. The number of aromatic nitrogens is 1. The van der Waals surface area contributed by atoms with Gasteiger partial charge in [-0.2, -0.15) is 0 Å². The average molecular weight is 440 g/mol. The van der Waals surface area contributed by atoms with E-state index in [1.54, 1.807) is 49.4 Å². The summed E-state index contributed by atoms with van der Waals surface area (Å²) in [6.07, 6.45) is 0. The summed E-state index contributed by atoms with van der Waals surface area (Å²) < 4.78 is 10.5. The molecule has 33 heavy (non-hydrogen) atoms. The fraction of sp³-hybridized carbons (Fsp3) is 0.115. The van der Waals surface area contributed by atoms with Crippen LogP contribution >= 0.6 is 0 Å². The first-order valence-corrected chi connectivity index (χ1v) is 10.4. The molecule has 0 aliphatic carbocycles. The minimum atomic E-state index is -0.906. The van der Waals surface area contributed by atoms with Gasteiger partial charge >= 0.3 is 5.91 Å². The number of ketones is 1. The largest absolute Gasteiger partial charge is 0.507 e. The SMILES string of the molecule is COc1cccc(C2/C(=C(\O)c3ccc4ccccc4c3)C(=O)C(=O)N2c2cc(C)on2)c1. The number of carbonyl (C=O) groups excluding carboxylic acids is 2. The van der Waals surface area contributed by atoms with Crippen LogP contribution in [0.3, 0.4) is 0 Å². The number of aliphatic hydroxyl groups excluding tert-OH is 1. The van der Waals surface area contributed by atoms with E-state index < -0.39 is 17.7 Å². The number of rotatable bonds is 4. The van der Waals surface area contributed by atoms with Crippen molar-refractivity contribution in [3.05, 3.63) is 95.3 Å². The van der Waals surface area contributed by atoms with Crippen molar-refractivity contribution in [2.75, 3.05) is 12.0 Å². The number of ether oxygens (including phenoxy) is 1. The first kappa shape index (κ1) is 20.5. The molecule has 164 valence electrons. The lowest BCUT2D eigenvalue weighted by atomic mass is 9.94. The Labute approximate surface area is 189 Å². The van der Waals surface area contributed by atoms with Crippen LogP contribution in [-0.4, -0.2) is 29.1 Å². The molecule has 5 rings (SSSR count). The molecule has 3 aromatic carbocycles. The predicted molar refractivity (Wildman–Crippen MR) is 123 cm³/mol. The molecule has 1 unspecified atom stereocenters. The van der Waals surface area contributed by atoms with E-state index in [0.717, 1.165) is 10.8 Å². The summed E-state index contributed by atoms with van der Waals surface area (Å²) in [6.45, 7) is 1.70. The van der Waals surface area contributed by atoms with Gasteiger partial charge in [-0.15, -0.1) is 0 Å². The highest BCUT2D eigenvalue weighted by molar-refractivity contribution is 6.51. The number of nitrogens with zero attached hydrogens (tertiary/aromatic N) is 2. The van der Waals surface area contributed by atoms with Crippen molar-refractivity contribution < 1.29 is 24.0 Å². The normalized spacial score (nSPS) is 17.6. The van der Waals surface area contributed by atoms with Crippen molar-refractivity contribution in [3.63, 3.8) is 0 Å². The average Bonchev–Trinajstić information content (AvgIpc) is 3.38. The van der Waals surface area contributed by atoms with Crippen LogP contribution in [0.2, 0.25) is 0 Å². The number of anilines is 1. The Kier molecular flexibility index (Phi) is 4.94. The van der Waals surface area contributed by atoms with Gasteiger partial charge < -0.3 is 14.4 Å². The van der Waals surface area contributed by atoms with Gasteiger partial charge in [0.2, 0.25) is 0 Å². The van der Waals surface area contributed by atoms with E-state index in [-0.39, 0.29) is 17.2 Å². The minimum absolute atomic E-state index is 0.0239. The number of hydrogen-bond acceptors (Lipinski definition) is 6. The first-order chi connectivity index (χ1) is 16.0. The number of aryl methyl sites for hydroxylation is 1. The Morgan fingerprint density at radius 2 is 1.79 bits per heavy atom. The smallest absolute Gasteiger partial charge is 0.301 e. The number of amides is 1. The van der Waals surface area contributed by atoms with E-state index in [1.165, 1.54) is 12.0 Å². The van der Waals surface area contributed by atoms with Gasteiger partial charge in [0.1, 0.15) is 17.3 Å². The third-order valence-electron chi connectivity index (χ3n) is 5.74. The lowest BCUT2D eigenvalue weighted by Gasteiger charge is -2.23. The molecule has 1 amide bonds. The predicted octanol–water partition coefficient (Wildman–Crippen LogP) is 4.77. The Hall–Kier alpha value is -4.39. The maximum absolute atomic E-state index is 13.2. The van der Waals surface area contributed by atoms with Crippen LogP contribution in [0.5, 0.6) is 5.75 Å². The van der Waals surface area contributed by atoms with E-state index in [2.05, 4.69) is 5.16 Å². The molecule has 1 saturated heterocycles. The van der Waals surface area contributed by atoms with Crippen molar-refractivity contribution in [1.29, 1.82) is 0 Å². The van der Waals surface area contributed by atoms with Crippen molar-refractivity contribution in [2.24, 2.45) is 0 Å². The van der Waals surface area contributed by atoms with Crippen LogP contribution in [0.25, 0.3) is 16.5 Å². The van der Waals surface area contributed by atoms with E-state index in [1.807, 2.05) is 30.3 Å². The van der Waals surface area contributed by atoms with Crippen molar-refractivity contribution in [1.82, 2.24) is 5.16 Å². The molecule has 7 heteroatoms. The molecule has 1 aliphatic heterocycles. The summed E-state index contributed by atoms with van der Waals surface area (Å²) in [7, 11) is 1.53. The molecule has 0 radical (unpaired) electrons. The topological polar surface area (TPSA) is 92.9 Å². The second-order valence-electron chi connectivity index (χ2n) is 7.80. The third kappa shape index (κ3) is 3.43. The lowest BCUT2D eigenvalue weighted by molar-refractivity contribution is -0.132. The first-order valence-electron chi connectivity index (χ1n) is 10.4. The van der Waals surface area contributed by atoms with Gasteiger partial charge in [0.05, 0.1) is 18.7 Å². The van der Waals surface area contributed by atoms with Crippen molar-refractivity contribution >= 4 is 34.0 Å². The zero-order valence-corrected chi connectivity index (χ0v) is 18.0. The number of benzene rings is 3. The molecule has 0 saturated carbocycles. The second-order valence-corrected chi connectivity index (χ2v) is 7.80. The van der Waals surface area contributed by atoms with Crippen LogP contribution in [-0.2, 0) is 9.59 Å². The number of aliphatic hydroxyl groups is 1. The zero-order chi connectivity index (χ0) is 23.1. The van der Waals surface area contributed by atoms with Crippen LogP contribution < -0.4 is 9.64 Å². The molecule has 0 bridgehead atoms. The molecule has 1 fully saturated rings. The van der Waals surface area contributed by atoms with Gasteiger partial charge in [0, 0.05) is 11.6 Å². The van der Waals surface area contributed by atoms with E-state index in [4.69, 9.17) is 9.26 Å². The quantitative estimate of drug-likeness (QED) is 0.279. The second kappa shape index (κ2) is 7.94.